The number of hydrogen-bond acceptors (Lipinski definition) is 5. The van der Waals surface area contributed by atoms with E-state index < -0.39 is 7.60 Å². The second-order valence-electron chi connectivity index (χ2n) is 8.47. The average Bonchev–Trinajstić information content (AvgIpc) is 2.45. The maximum atomic E-state index is 10.9. The molecule has 0 aromatic carbocycles. The molecule has 0 aromatic heterocycles. The van der Waals surface area contributed by atoms with Gasteiger partial charge in [-0.05, 0) is 30.6 Å². The normalized spacial score (nSPS) is 12.1. The first-order chi connectivity index (χ1) is 12.2. The Morgan fingerprint density at radius 1 is 0.828 bits per heavy atom. The smallest absolute Gasteiger partial charge is 0.308 e. The van der Waals surface area contributed by atoms with Crippen molar-refractivity contribution in [1.29, 1.82) is 0 Å². The van der Waals surface area contributed by atoms with Crippen molar-refractivity contribution in [2.24, 2.45) is 23.7 Å². The lowest BCUT2D eigenvalue weighted by Gasteiger charge is -2.18. The van der Waals surface area contributed by atoms with E-state index in [9.17, 15) is 14.3 Å². The highest BCUT2D eigenvalue weighted by molar-refractivity contribution is 7.50. The Hall–Kier alpha value is -0.380. The van der Waals surface area contributed by atoms with E-state index in [1.54, 1.807) is 0 Å². The SMILES string of the molecule is C.C.CC(C)CCOC(=O)C(C)C.CC(C)CCOP(C)(=O)[O-].CCCC(C)C. The van der Waals surface area contributed by atoms with E-state index in [1.165, 1.54) is 12.8 Å². The van der Waals surface area contributed by atoms with Crippen LogP contribution in [0.15, 0.2) is 0 Å². The van der Waals surface area contributed by atoms with Crippen molar-refractivity contribution in [2.45, 2.75) is 103 Å². The maximum absolute atomic E-state index is 10.9. The molecule has 0 bridgehead atoms. The minimum atomic E-state index is -3.47. The van der Waals surface area contributed by atoms with Gasteiger partial charge in [-0.15, -0.1) is 0 Å². The summed E-state index contributed by atoms with van der Waals surface area (Å²) in [6.45, 7) is 20.7. The zero-order chi connectivity index (χ0) is 22.0. The van der Waals surface area contributed by atoms with Gasteiger partial charge in [0.15, 0.2) is 0 Å². The van der Waals surface area contributed by atoms with Crippen molar-refractivity contribution in [2.75, 3.05) is 19.9 Å². The van der Waals surface area contributed by atoms with E-state index in [-0.39, 0.29) is 26.7 Å². The fourth-order valence-corrected chi connectivity index (χ4v) is 2.03. The third kappa shape index (κ3) is 47.1. The second kappa shape index (κ2) is 23.9. The minimum absolute atomic E-state index is 0. The molecule has 5 nitrogen and oxygen atoms in total. The van der Waals surface area contributed by atoms with Crippen LogP contribution >= 0.6 is 7.60 Å². The quantitative estimate of drug-likeness (QED) is 0.265. The molecule has 1 atom stereocenters. The molecule has 0 aliphatic rings. The largest absolute Gasteiger partial charge is 0.779 e. The first-order valence-electron chi connectivity index (χ1n) is 10.3. The van der Waals surface area contributed by atoms with Gasteiger partial charge in [0.25, 0.3) is 0 Å². The Balaban J connectivity index is -0.0000000997. The molecule has 0 radical (unpaired) electrons. The summed E-state index contributed by atoms with van der Waals surface area (Å²) in [6, 6.07) is 0. The third-order valence-electron chi connectivity index (χ3n) is 3.30. The van der Waals surface area contributed by atoms with Gasteiger partial charge in [-0.1, -0.05) is 90.0 Å². The van der Waals surface area contributed by atoms with Gasteiger partial charge in [0.2, 0.25) is 0 Å². The van der Waals surface area contributed by atoms with Gasteiger partial charge < -0.3 is 18.7 Å². The summed E-state index contributed by atoms with van der Waals surface area (Å²) >= 11 is 0. The summed E-state index contributed by atoms with van der Waals surface area (Å²) in [6.07, 6.45) is 4.45. The van der Waals surface area contributed by atoms with Crippen LogP contribution in [0.4, 0.5) is 0 Å². The van der Waals surface area contributed by atoms with Gasteiger partial charge in [-0.2, -0.15) is 0 Å². The number of ether oxygens (including phenoxy) is 1. The number of carbonyl (C=O) groups is 1. The van der Waals surface area contributed by atoms with Gasteiger partial charge in [-0.25, -0.2) is 0 Å². The van der Waals surface area contributed by atoms with Crippen LogP contribution in [0.2, 0.25) is 0 Å². The predicted molar refractivity (Wildman–Crippen MR) is 127 cm³/mol. The Labute approximate surface area is 183 Å². The number of carbonyl (C=O) groups excluding carboxylic acids is 1. The van der Waals surface area contributed by atoms with Crippen LogP contribution in [0.5, 0.6) is 0 Å². The molecular weight excluding hydrogens is 387 g/mol. The van der Waals surface area contributed by atoms with Crippen molar-refractivity contribution in [1.82, 2.24) is 0 Å². The van der Waals surface area contributed by atoms with E-state index in [0.717, 1.165) is 25.4 Å². The van der Waals surface area contributed by atoms with Gasteiger partial charge in [0, 0.05) is 6.66 Å². The molecule has 0 spiro atoms. The molecule has 29 heavy (non-hydrogen) atoms. The molecule has 0 aromatic rings. The maximum Gasteiger partial charge on any atom is 0.308 e. The molecule has 1 unspecified atom stereocenters. The van der Waals surface area contributed by atoms with E-state index in [1.807, 2.05) is 27.7 Å². The van der Waals surface area contributed by atoms with Crippen LogP contribution in [0.3, 0.4) is 0 Å². The first kappa shape index (κ1) is 39.1. The van der Waals surface area contributed by atoms with Crippen LogP contribution in [-0.4, -0.2) is 25.8 Å². The monoisotopic (exact) mass is 441 g/mol. The van der Waals surface area contributed by atoms with Gasteiger partial charge in [0.1, 0.15) is 7.60 Å². The Bertz CT molecular complexity index is 373. The van der Waals surface area contributed by atoms with Crippen molar-refractivity contribution < 1.29 is 23.5 Å². The third-order valence-corrected chi connectivity index (χ3v) is 3.95. The number of hydrogen-bond donors (Lipinski definition) is 0. The topological polar surface area (TPSA) is 75.7 Å². The van der Waals surface area contributed by atoms with Crippen LogP contribution in [0.1, 0.15) is 103 Å². The average molecular weight is 442 g/mol. The first-order valence-corrected chi connectivity index (χ1v) is 12.3. The highest BCUT2D eigenvalue weighted by atomic mass is 31.2. The Kier molecular flexibility index (Phi) is 32.2. The zero-order valence-electron chi connectivity index (χ0n) is 19.5. The van der Waals surface area contributed by atoms with Gasteiger partial charge in [-0.3, -0.25) is 4.79 Å². The number of rotatable bonds is 10. The highest BCUT2D eigenvalue weighted by Gasteiger charge is 2.07. The van der Waals surface area contributed by atoms with Crippen LogP contribution < -0.4 is 4.89 Å². The molecule has 0 aliphatic carbocycles. The molecule has 0 aliphatic heterocycles. The summed E-state index contributed by atoms with van der Waals surface area (Å²) < 4.78 is 19.9. The molecule has 0 N–H and O–H groups in total. The van der Waals surface area contributed by atoms with Crippen LogP contribution in [0.25, 0.3) is 0 Å². The highest BCUT2D eigenvalue weighted by Crippen LogP contribution is 2.31. The molecule has 0 heterocycles. The molecule has 0 saturated carbocycles. The molecule has 0 amide bonds. The van der Waals surface area contributed by atoms with Crippen molar-refractivity contribution in [3.05, 3.63) is 0 Å². The van der Waals surface area contributed by atoms with E-state index in [0.29, 0.717) is 25.0 Å². The minimum Gasteiger partial charge on any atom is -0.779 e. The zero-order valence-corrected chi connectivity index (χ0v) is 20.4. The predicted octanol–water partition coefficient (Wildman–Crippen LogP) is 7.18. The Morgan fingerprint density at radius 2 is 1.21 bits per heavy atom. The van der Waals surface area contributed by atoms with Crippen LogP contribution in [-0.2, 0) is 18.6 Å². The number of esters is 1. The van der Waals surface area contributed by atoms with Gasteiger partial charge >= 0.3 is 5.97 Å². The summed E-state index contributed by atoms with van der Waals surface area (Å²) in [5.41, 5.74) is 0. The van der Waals surface area contributed by atoms with E-state index >= 15 is 0 Å². The summed E-state index contributed by atoms with van der Waals surface area (Å²) in [5.74, 6) is 1.91. The van der Waals surface area contributed by atoms with E-state index in [4.69, 9.17) is 4.74 Å². The fourth-order valence-electron chi connectivity index (χ4n) is 1.59. The lowest BCUT2D eigenvalue weighted by molar-refractivity contribution is -0.196. The van der Waals surface area contributed by atoms with Crippen molar-refractivity contribution in [3.63, 3.8) is 0 Å². The van der Waals surface area contributed by atoms with Gasteiger partial charge in [0.05, 0.1) is 19.1 Å². The second-order valence-corrected chi connectivity index (χ2v) is 10.3. The van der Waals surface area contributed by atoms with E-state index in [2.05, 4.69) is 39.1 Å². The fraction of sp³-hybridized carbons (Fsp3) is 0.957. The lowest BCUT2D eigenvalue weighted by atomic mass is 10.1. The Morgan fingerprint density at radius 3 is 1.45 bits per heavy atom. The van der Waals surface area contributed by atoms with Crippen LogP contribution in [0, 0.1) is 23.7 Å². The molecule has 182 valence electrons. The summed E-state index contributed by atoms with van der Waals surface area (Å²) in [5, 5.41) is 0. The summed E-state index contributed by atoms with van der Waals surface area (Å²) in [4.78, 5) is 21.3. The lowest BCUT2D eigenvalue weighted by Crippen LogP contribution is -2.13. The molecule has 0 rings (SSSR count). The van der Waals surface area contributed by atoms with Crippen molar-refractivity contribution >= 4 is 13.6 Å². The molecule has 6 heteroatoms. The van der Waals surface area contributed by atoms with Crippen molar-refractivity contribution in [3.8, 4) is 0 Å². The molecule has 0 fully saturated rings. The molecular formula is C23H54O5P-. The summed E-state index contributed by atoms with van der Waals surface area (Å²) in [7, 11) is -3.47. The standard InChI is InChI=1S/C9H18O2.C6H15O3P.C6H14.2CH4/c1-7(2)5-6-11-9(10)8(3)4;1-6(2)4-5-9-10(3,7)8;1-4-5-6(2)3;;/h7-8H,5-6H2,1-4H3;6H,4-5H2,1-3H3,(H,7,8);6H,4-5H2,1-3H3;2*1H4/p-1. The molecule has 0 saturated heterocycles.